The van der Waals surface area contributed by atoms with Crippen LogP contribution in [0.2, 0.25) is 10.0 Å². The van der Waals surface area contributed by atoms with Crippen LogP contribution in [0.5, 0.6) is 0 Å². The Kier molecular flexibility index (Phi) is 9.20. The molecule has 1 heterocycles. The predicted octanol–water partition coefficient (Wildman–Crippen LogP) is 3.20. The van der Waals surface area contributed by atoms with Gasteiger partial charge in [-0.2, -0.15) is 0 Å². The first-order chi connectivity index (χ1) is 14.3. The molecule has 2 amide bonds. The van der Waals surface area contributed by atoms with Crippen molar-refractivity contribution in [2.45, 2.75) is 33.2 Å². The highest BCUT2D eigenvalue weighted by molar-refractivity contribution is 6.42. The van der Waals surface area contributed by atoms with E-state index in [9.17, 15) is 9.59 Å². The maximum Gasteiger partial charge on any atom is 0.273 e. The van der Waals surface area contributed by atoms with E-state index in [1.165, 1.54) is 0 Å². The lowest BCUT2D eigenvalue weighted by Crippen LogP contribution is -2.39. The molecule has 0 atom stereocenters. The summed E-state index contributed by atoms with van der Waals surface area (Å²) in [5.74, 6) is 0.301. The second-order valence-electron chi connectivity index (χ2n) is 6.87. The van der Waals surface area contributed by atoms with E-state index in [0.29, 0.717) is 53.2 Å². The highest BCUT2D eigenvalue weighted by atomic mass is 35.5. The number of halogens is 2. The Hall–Kier alpha value is -2.51. The number of amides is 2. The van der Waals surface area contributed by atoms with Crippen LogP contribution in [0.15, 0.2) is 41.4 Å². The Morgan fingerprint density at radius 2 is 2.03 bits per heavy atom. The number of hydrogen-bond acceptors (Lipinski definition) is 5. The molecule has 1 aliphatic rings. The molecule has 1 aromatic carbocycles. The van der Waals surface area contributed by atoms with Crippen LogP contribution in [0.4, 0.5) is 0 Å². The van der Waals surface area contributed by atoms with Gasteiger partial charge in [0.2, 0.25) is 5.91 Å². The summed E-state index contributed by atoms with van der Waals surface area (Å²) in [7, 11) is 0. The Morgan fingerprint density at radius 3 is 2.63 bits per heavy atom. The number of rotatable bonds is 10. The Balaban J connectivity index is 1.94. The van der Waals surface area contributed by atoms with Gasteiger partial charge in [0.1, 0.15) is 11.5 Å². The first kappa shape index (κ1) is 23.8. The molecule has 0 bridgehead atoms. The van der Waals surface area contributed by atoms with Crippen molar-refractivity contribution < 1.29 is 9.59 Å². The van der Waals surface area contributed by atoms with Crippen LogP contribution in [0.1, 0.15) is 32.3 Å². The Labute approximate surface area is 187 Å². The lowest BCUT2D eigenvalue weighted by molar-refractivity contribution is -0.127. The molecule has 0 spiro atoms. The average molecular weight is 452 g/mol. The van der Waals surface area contributed by atoms with Crippen LogP contribution in [-0.2, 0) is 16.1 Å². The first-order valence-corrected chi connectivity index (χ1v) is 10.5. The molecule has 1 aromatic rings. The quantitative estimate of drug-likeness (QED) is 0.324. The van der Waals surface area contributed by atoms with Crippen LogP contribution in [0.3, 0.4) is 0 Å². The summed E-state index contributed by atoms with van der Waals surface area (Å²) in [5.41, 5.74) is 1.71. The summed E-state index contributed by atoms with van der Waals surface area (Å²) in [6.07, 6.45) is 4.33. The lowest BCUT2D eigenvalue weighted by Gasteiger charge is -2.19. The highest BCUT2D eigenvalue weighted by Crippen LogP contribution is 2.22. The molecule has 0 saturated carbocycles. The van der Waals surface area contributed by atoms with Crippen LogP contribution in [0.25, 0.3) is 0 Å². The van der Waals surface area contributed by atoms with Crippen molar-refractivity contribution in [1.29, 1.82) is 5.41 Å². The molecule has 9 heteroatoms. The largest absolute Gasteiger partial charge is 0.379 e. The fourth-order valence-corrected chi connectivity index (χ4v) is 3.30. The van der Waals surface area contributed by atoms with Crippen molar-refractivity contribution in [2.75, 3.05) is 19.6 Å². The predicted molar refractivity (Wildman–Crippen MR) is 121 cm³/mol. The number of nitrogens with one attached hydrogen (secondary N) is 4. The Bertz CT molecular complexity index is 867. The number of allylic oxidation sites excluding steroid dienone is 2. The molecule has 1 fully saturated rings. The van der Waals surface area contributed by atoms with Crippen molar-refractivity contribution in [3.63, 3.8) is 0 Å². The number of carbonyl (C=O) groups excluding carboxylic acids is 2. The molecule has 2 rings (SSSR count). The number of hydrogen-bond donors (Lipinski definition) is 4. The Morgan fingerprint density at radius 1 is 1.27 bits per heavy atom. The minimum Gasteiger partial charge on any atom is -0.379 e. The number of benzene rings is 1. The smallest absolute Gasteiger partial charge is 0.273 e. The van der Waals surface area contributed by atoms with E-state index in [2.05, 4.69) is 16.0 Å². The van der Waals surface area contributed by atoms with Gasteiger partial charge < -0.3 is 26.3 Å². The minimum absolute atomic E-state index is 0.137. The van der Waals surface area contributed by atoms with Crippen molar-refractivity contribution in [2.24, 2.45) is 0 Å². The molecule has 30 heavy (non-hydrogen) atoms. The highest BCUT2D eigenvalue weighted by Gasteiger charge is 2.20. The molecule has 0 unspecified atom stereocenters. The summed E-state index contributed by atoms with van der Waals surface area (Å²) < 4.78 is 0. The van der Waals surface area contributed by atoms with Gasteiger partial charge in [0.05, 0.1) is 10.0 Å². The van der Waals surface area contributed by atoms with Gasteiger partial charge >= 0.3 is 0 Å². The number of nitrogens with zero attached hydrogens (tertiary/aromatic N) is 1. The van der Waals surface area contributed by atoms with E-state index >= 15 is 0 Å². The van der Waals surface area contributed by atoms with Crippen LogP contribution in [-0.4, -0.2) is 42.6 Å². The fourth-order valence-electron chi connectivity index (χ4n) is 2.98. The normalized spacial score (nSPS) is 15.0. The van der Waals surface area contributed by atoms with Gasteiger partial charge in [-0.15, -0.1) is 0 Å². The maximum absolute atomic E-state index is 12.8. The van der Waals surface area contributed by atoms with Gasteiger partial charge in [-0.05, 0) is 49.6 Å². The third kappa shape index (κ3) is 6.78. The van der Waals surface area contributed by atoms with Gasteiger partial charge in [0, 0.05) is 38.8 Å². The fraction of sp³-hybridized carbons (Fsp3) is 0.381. The van der Waals surface area contributed by atoms with E-state index in [1.54, 1.807) is 37.0 Å². The maximum atomic E-state index is 12.8. The summed E-state index contributed by atoms with van der Waals surface area (Å²) in [6.45, 7) is 5.64. The third-order valence-electron chi connectivity index (χ3n) is 4.70. The molecular weight excluding hydrogens is 425 g/mol. The molecule has 1 aliphatic heterocycles. The zero-order chi connectivity index (χ0) is 22.1. The van der Waals surface area contributed by atoms with E-state index < -0.39 is 0 Å². The summed E-state index contributed by atoms with van der Waals surface area (Å²) in [5, 5.41) is 17.5. The molecule has 0 radical (unpaired) electrons. The minimum atomic E-state index is -0.363. The van der Waals surface area contributed by atoms with E-state index in [1.807, 2.05) is 6.07 Å². The van der Waals surface area contributed by atoms with Crippen molar-refractivity contribution in [3.05, 3.63) is 57.0 Å². The standard InChI is InChI=1S/C21H27Cl2N5O2/c1-3-18(26-13-15-6-7-16(22)17(23)11-15)27-21(30)20(14(2)12-24)25-8-10-28-9-4-5-19(28)29/h3,6-7,11-12,24-26H,4-5,8-10,13H2,1-2H3,(H,27,30)/b18-3+,20-14-,24-12?. The number of likely N-dealkylation sites (tertiary alicyclic amines) is 1. The van der Waals surface area contributed by atoms with E-state index in [4.69, 9.17) is 28.6 Å². The third-order valence-corrected chi connectivity index (χ3v) is 5.44. The molecule has 1 saturated heterocycles. The average Bonchev–Trinajstić information content (AvgIpc) is 3.14. The van der Waals surface area contributed by atoms with Crippen LogP contribution in [0, 0.1) is 5.41 Å². The topological polar surface area (TPSA) is 97.3 Å². The van der Waals surface area contributed by atoms with Gasteiger partial charge in [0.15, 0.2) is 0 Å². The van der Waals surface area contributed by atoms with Crippen LogP contribution < -0.4 is 16.0 Å². The van der Waals surface area contributed by atoms with Crippen molar-refractivity contribution >= 4 is 41.2 Å². The number of carbonyl (C=O) groups is 2. The zero-order valence-corrected chi connectivity index (χ0v) is 18.7. The molecule has 4 N–H and O–H groups in total. The zero-order valence-electron chi connectivity index (χ0n) is 17.1. The second-order valence-corrected chi connectivity index (χ2v) is 7.69. The van der Waals surface area contributed by atoms with Gasteiger partial charge in [0.25, 0.3) is 5.91 Å². The van der Waals surface area contributed by atoms with Crippen LogP contribution >= 0.6 is 23.2 Å². The summed E-state index contributed by atoms with van der Waals surface area (Å²) >= 11 is 12.0. The SMILES string of the molecule is C/C=C(\NCc1ccc(Cl)c(Cl)c1)NC(=O)/C(NCCN1CCCC1=O)=C(\C)C=N. The monoisotopic (exact) mass is 451 g/mol. The summed E-state index contributed by atoms with van der Waals surface area (Å²) in [4.78, 5) is 26.3. The molecule has 7 nitrogen and oxygen atoms in total. The molecule has 162 valence electrons. The van der Waals surface area contributed by atoms with Crippen molar-refractivity contribution in [1.82, 2.24) is 20.9 Å². The molecule has 0 aliphatic carbocycles. The molecular formula is C21H27Cl2N5O2. The van der Waals surface area contributed by atoms with E-state index in [-0.39, 0.29) is 11.8 Å². The molecule has 0 aromatic heterocycles. The van der Waals surface area contributed by atoms with Crippen molar-refractivity contribution in [3.8, 4) is 0 Å². The van der Waals surface area contributed by atoms with E-state index in [0.717, 1.165) is 24.7 Å². The lowest BCUT2D eigenvalue weighted by atomic mass is 10.2. The van der Waals surface area contributed by atoms with Gasteiger partial charge in [-0.25, -0.2) is 0 Å². The summed E-state index contributed by atoms with van der Waals surface area (Å²) in [6, 6.07) is 5.33. The van der Waals surface area contributed by atoms with Gasteiger partial charge in [-0.3, -0.25) is 9.59 Å². The van der Waals surface area contributed by atoms with Gasteiger partial charge in [-0.1, -0.05) is 29.3 Å². The second kappa shape index (κ2) is 11.6. The first-order valence-electron chi connectivity index (χ1n) is 9.74.